The second kappa shape index (κ2) is 9.83. The van der Waals surface area contributed by atoms with Crippen LogP contribution in [-0.2, 0) is 6.42 Å². The zero-order valence-electron chi connectivity index (χ0n) is 18.3. The smallest absolute Gasteiger partial charge is 0.251 e. The van der Waals surface area contributed by atoms with Crippen LogP contribution in [0.5, 0.6) is 0 Å². The maximum Gasteiger partial charge on any atom is 0.251 e. The van der Waals surface area contributed by atoms with Gasteiger partial charge >= 0.3 is 0 Å². The molecule has 0 unspecified atom stereocenters. The van der Waals surface area contributed by atoms with E-state index in [4.69, 9.17) is 16.9 Å². The fraction of sp³-hybridized carbons (Fsp3) is 0.0769. The summed E-state index contributed by atoms with van der Waals surface area (Å²) in [7, 11) is 0. The molecule has 0 fully saturated rings. The number of amides is 2. The third-order valence-corrected chi connectivity index (χ3v) is 5.45. The highest BCUT2D eigenvalue weighted by atomic mass is 16.2. The third kappa shape index (κ3) is 5.18. The molecule has 0 saturated heterocycles. The molecule has 1 heterocycles. The molecule has 170 valence electrons. The van der Waals surface area contributed by atoms with E-state index in [1.54, 1.807) is 30.5 Å². The number of nitrogens with one attached hydrogen (secondary N) is 3. The molecule has 8 heteroatoms. The second-order valence-corrected chi connectivity index (χ2v) is 7.83. The lowest BCUT2D eigenvalue weighted by atomic mass is 10.0. The molecule has 0 spiro atoms. The first-order valence-electron chi connectivity index (χ1n) is 10.6. The number of benzene rings is 3. The number of carbonyl (C=O) groups is 2. The van der Waals surface area contributed by atoms with Crippen LogP contribution < -0.4 is 16.8 Å². The number of amidine groups is 1. The van der Waals surface area contributed by atoms with Crippen molar-refractivity contribution in [1.29, 1.82) is 5.41 Å². The van der Waals surface area contributed by atoms with Gasteiger partial charge in [-0.15, -0.1) is 0 Å². The summed E-state index contributed by atoms with van der Waals surface area (Å²) < 4.78 is 0. The number of imidazole rings is 1. The molecule has 4 aromatic rings. The van der Waals surface area contributed by atoms with Gasteiger partial charge in [0.2, 0.25) is 5.91 Å². The average Bonchev–Trinajstić information content (AvgIpc) is 3.35. The standard InChI is InChI=1S/C26H24N6O2/c27-23(28)18-8-6-17(7-9-18)22-15-30-25(31-22)21(14-16-4-2-1-3-5-16)32-26(34)20-12-10-19(11-13-20)24(29)33/h1-13,15,21H,14H2,(H3,27,28)(H2,29,33)(H,30,31)(H,32,34)/t21-/m1/s1. The summed E-state index contributed by atoms with van der Waals surface area (Å²) in [4.78, 5) is 32.1. The number of hydrogen-bond acceptors (Lipinski definition) is 4. The molecule has 1 aromatic heterocycles. The molecule has 0 bridgehead atoms. The lowest BCUT2D eigenvalue weighted by molar-refractivity contribution is 0.0932. The highest BCUT2D eigenvalue weighted by Gasteiger charge is 2.20. The van der Waals surface area contributed by atoms with E-state index >= 15 is 0 Å². The molecule has 3 aromatic carbocycles. The van der Waals surface area contributed by atoms with Crippen LogP contribution in [0.15, 0.2) is 85.1 Å². The number of H-pyrrole nitrogens is 1. The lowest BCUT2D eigenvalue weighted by Crippen LogP contribution is -2.30. The first kappa shape index (κ1) is 22.5. The van der Waals surface area contributed by atoms with Gasteiger partial charge in [0.15, 0.2) is 0 Å². The molecule has 4 rings (SSSR count). The maximum atomic E-state index is 13.0. The summed E-state index contributed by atoms with van der Waals surface area (Å²) in [6.07, 6.45) is 2.24. The van der Waals surface area contributed by atoms with Gasteiger partial charge in [-0.05, 0) is 41.8 Å². The van der Waals surface area contributed by atoms with Crippen molar-refractivity contribution >= 4 is 17.6 Å². The first-order valence-corrected chi connectivity index (χ1v) is 10.6. The van der Waals surface area contributed by atoms with E-state index < -0.39 is 11.9 Å². The maximum absolute atomic E-state index is 13.0. The largest absolute Gasteiger partial charge is 0.384 e. The number of nitrogens with two attached hydrogens (primary N) is 2. The highest BCUT2D eigenvalue weighted by molar-refractivity contribution is 5.97. The number of primary amides is 1. The van der Waals surface area contributed by atoms with Gasteiger partial charge in [0.25, 0.3) is 5.91 Å². The number of carbonyl (C=O) groups excluding carboxylic acids is 2. The number of aromatic amines is 1. The lowest BCUT2D eigenvalue weighted by Gasteiger charge is -2.17. The SMILES string of the molecule is N=C(N)c1ccc(-c2cnc([C@@H](Cc3ccccc3)NC(=O)c3ccc(C(N)=O)cc3)[nH]2)cc1. The highest BCUT2D eigenvalue weighted by Crippen LogP contribution is 2.22. The molecule has 0 saturated carbocycles. The van der Waals surface area contributed by atoms with Crippen LogP contribution in [0.1, 0.15) is 43.7 Å². The second-order valence-electron chi connectivity index (χ2n) is 7.83. The molecule has 7 N–H and O–H groups in total. The van der Waals surface area contributed by atoms with Crippen molar-refractivity contribution in [2.45, 2.75) is 12.5 Å². The van der Waals surface area contributed by atoms with E-state index in [9.17, 15) is 9.59 Å². The minimum Gasteiger partial charge on any atom is -0.384 e. The zero-order valence-corrected chi connectivity index (χ0v) is 18.3. The van der Waals surface area contributed by atoms with Crippen LogP contribution in [0.25, 0.3) is 11.3 Å². The first-order chi connectivity index (χ1) is 16.4. The molecular formula is C26H24N6O2. The molecular weight excluding hydrogens is 428 g/mol. The van der Waals surface area contributed by atoms with Crippen LogP contribution in [-0.4, -0.2) is 27.6 Å². The average molecular weight is 453 g/mol. The summed E-state index contributed by atoms with van der Waals surface area (Å²) in [6.45, 7) is 0. The number of aromatic nitrogens is 2. The predicted molar refractivity (Wildman–Crippen MR) is 130 cm³/mol. The van der Waals surface area contributed by atoms with Gasteiger partial charge in [0.1, 0.15) is 11.7 Å². The van der Waals surface area contributed by atoms with Crippen molar-refractivity contribution in [2.24, 2.45) is 11.5 Å². The molecule has 8 nitrogen and oxygen atoms in total. The van der Waals surface area contributed by atoms with E-state index in [2.05, 4.69) is 15.3 Å². The summed E-state index contributed by atoms with van der Waals surface area (Å²) in [5, 5.41) is 10.6. The number of nitrogen functional groups attached to an aromatic ring is 1. The van der Waals surface area contributed by atoms with Crippen LogP contribution in [0, 0.1) is 5.41 Å². The Kier molecular flexibility index (Phi) is 6.49. The van der Waals surface area contributed by atoms with E-state index in [-0.39, 0.29) is 11.7 Å². The van der Waals surface area contributed by atoms with E-state index in [1.165, 1.54) is 12.1 Å². The molecule has 0 aliphatic rings. The van der Waals surface area contributed by atoms with Crippen molar-refractivity contribution < 1.29 is 9.59 Å². The quantitative estimate of drug-likeness (QED) is 0.206. The number of nitrogens with zero attached hydrogens (tertiary/aromatic N) is 1. The van der Waals surface area contributed by atoms with Crippen LogP contribution in [0.2, 0.25) is 0 Å². The zero-order chi connectivity index (χ0) is 24.1. The Hall–Kier alpha value is -4.72. The normalized spacial score (nSPS) is 11.5. The van der Waals surface area contributed by atoms with Gasteiger partial charge in [0, 0.05) is 16.7 Å². The summed E-state index contributed by atoms with van der Waals surface area (Å²) >= 11 is 0. The molecule has 0 aliphatic carbocycles. The fourth-order valence-electron chi connectivity index (χ4n) is 3.58. The van der Waals surface area contributed by atoms with E-state index in [1.807, 2.05) is 42.5 Å². The topological polar surface area (TPSA) is 151 Å². The Morgan fingerprint density at radius 3 is 2.12 bits per heavy atom. The van der Waals surface area contributed by atoms with Gasteiger partial charge in [0.05, 0.1) is 17.9 Å². The number of rotatable bonds is 8. The fourth-order valence-corrected chi connectivity index (χ4v) is 3.58. The van der Waals surface area contributed by atoms with E-state index in [0.717, 1.165) is 16.8 Å². The third-order valence-electron chi connectivity index (χ3n) is 5.45. The van der Waals surface area contributed by atoms with Crippen molar-refractivity contribution in [3.8, 4) is 11.3 Å². The van der Waals surface area contributed by atoms with Gasteiger partial charge in [-0.3, -0.25) is 15.0 Å². The molecule has 1 atom stereocenters. The van der Waals surface area contributed by atoms with Crippen LogP contribution in [0.3, 0.4) is 0 Å². The predicted octanol–water partition coefficient (Wildman–Crippen LogP) is 3.17. The molecule has 34 heavy (non-hydrogen) atoms. The molecule has 0 aliphatic heterocycles. The Morgan fingerprint density at radius 2 is 1.50 bits per heavy atom. The summed E-state index contributed by atoms with van der Waals surface area (Å²) in [5.74, 6) is -0.225. The van der Waals surface area contributed by atoms with Gasteiger partial charge in [-0.1, -0.05) is 54.6 Å². The summed E-state index contributed by atoms with van der Waals surface area (Å²) in [5.41, 5.74) is 14.9. The number of hydrogen-bond donors (Lipinski definition) is 5. The van der Waals surface area contributed by atoms with Crippen molar-refractivity contribution in [3.63, 3.8) is 0 Å². The summed E-state index contributed by atoms with van der Waals surface area (Å²) in [6, 6.07) is 22.9. The molecule has 2 amide bonds. The van der Waals surface area contributed by atoms with Gasteiger partial charge in [-0.2, -0.15) is 0 Å². The van der Waals surface area contributed by atoms with Crippen molar-refractivity contribution in [2.75, 3.05) is 0 Å². The Balaban J connectivity index is 1.59. The van der Waals surface area contributed by atoms with Crippen LogP contribution >= 0.6 is 0 Å². The minimum atomic E-state index is -0.548. The minimum absolute atomic E-state index is 0.00588. The Bertz CT molecular complexity index is 1310. The van der Waals surface area contributed by atoms with Crippen molar-refractivity contribution in [1.82, 2.24) is 15.3 Å². The monoisotopic (exact) mass is 452 g/mol. The Labute approximate surface area is 196 Å². The van der Waals surface area contributed by atoms with Crippen LogP contribution in [0.4, 0.5) is 0 Å². The van der Waals surface area contributed by atoms with E-state index in [0.29, 0.717) is 28.9 Å². The van der Waals surface area contributed by atoms with Gasteiger partial charge in [-0.25, -0.2) is 4.98 Å². The van der Waals surface area contributed by atoms with Crippen molar-refractivity contribution in [3.05, 3.63) is 113 Å². The molecule has 0 radical (unpaired) electrons. The van der Waals surface area contributed by atoms with Gasteiger partial charge < -0.3 is 21.8 Å². The Morgan fingerprint density at radius 1 is 0.882 bits per heavy atom.